The zero-order valence-electron chi connectivity index (χ0n) is 10.6. The van der Waals surface area contributed by atoms with Crippen LogP contribution in [-0.2, 0) is 13.0 Å². The minimum Gasteiger partial charge on any atom is -0.508 e. The van der Waals surface area contributed by atoms with E-state index in [2.05, 4.69) is 4.98 Å². The van der Waals surface area contributed by atoms with E-state index in [1.807, 2.05) is 13.0 Å². The number of amides is 1. The van der Waals surface area contributed by atoms with Gasteiger partial charge in [0, 0.05) is 18.5 Å². The number of phenolic OH excluding ortho intramolecular Hbond substituents is 1. The Hall–Kier alpha value is -1.88. The molecule has 3 rings (SSSR count). The normalized spacial score (nSPS) is 14.3. The number of phenols is 1. The van der Waals surface area contributed by atoms with Crippen LogP contribution >= 0.6 is 11.3 Å². The van der Waals surface area contributed by atoms with Crippen LogP contribution in [0.1, 0.15) is 26.6 Å². The maximum Gasteiger partial charge on any atom is 0.273 e. The fourth-order valence-corrected chi connectivity index (χ4v) is 2.93. The van der Waals surface area contributed by atoms with E-state index in [1.165, 1.54) is 16.9 Å². The number of aryl methyl sites for hydroxylation is 1. The summed E-state index contributed by atoms with van der Waals surface area (Å²) in [6.45, 7) is 3.14. The molecule has 0 radical (unpaired) electrons. The molecule has 0 aliphatic carbocycles. The summed E-state index contributed by atoms with van der Waals surface area (Å²) in [6, 6.07) is 5.36. The Morgan fingerprint density at radius 1 is 1.42 bits per heavy atom. The van der Waals surface area contributed by atoms with Gasteiger partial charge in [0.15, 0.2) is 0 Å². The smallest absolute Gasteiger partial charge is 0.273 e. The molecule has 1 aliphatic heterocycles. The number of hydrogen-bond donors (Lipinski definition) is 1. The Labute approximate surface area is 115 Å². The van der Waals surface area contributed by atoms with Gasteiger partial charge >= 0.3 is 0 Å². The third kappa shape index (κ3) is 2.33. The monoisotopic (exact) mass is 274 g/mol. The first-order chi connectivity index (χ1) is 9.13. The van der Waals surface area contributed by atoms with E-state index in [1.54, 1.807) is 22.4 Å². The predicted molar refractivity (Wildman–Crippen MR) is 73.4 cm³/mol. The van der Waals surface area contributed by atoms with Crippen LogP contribution in [0.15, 0.2) is 23.6 Å². The zero-order chi connectivity index (χ0) is 13.4. The van der Waals surface area contributed by atoms with Crippen molar-refractivity contribution in [1.29, 1.82) is 0 Å². The molecule has 1 amide bonds. The summed E-state index contributed by atoms with van der Waals surface area (Å²) in [7, 11) is 0. The molecule has 98 valence electrons. The highest BCUT2D eigenvalue weighted by Gasteiger charge is 2.23. The van der Waals surface area contributed by atoms with Crippen LogP contribution in [0.5, 0.6) is 5.75 Å². The van der Waals surface area contributed by atoms with Crippen LogP contribution in [0.4, 0.5) is 0 Å². The highest BCUT2D eigenvalue weighted by molar-refractivity contribution is 7.09. The summed E-state index contributed by atoms with van der Waals surface area (Å²) >= 11 is 1.49. The molecule has 0 fully saturated rings. The standard InChI is InChI=1S/C14H14N2O2S/c1-9-15-13(8-19-9)14(18)16-5-4-10-2-3-12(17)6-11(10)7-16/h2-3,6,8,17H,4-5,7H2,1H3. The molecule has 2 aromatic rings. The highest BCUT2D eigenvalue weighted by atomic mass is 32.1. The minimum atomic E-state index is -0.0293. The average molecular weight is 274 g/mol. The number of rotatable bonds is 1. The van der Waals surface area contributed by atoms with E-state index in [9.17, 15) is 9.90 Å². The number of carbonyl (C=O) groups excluding carboxylic acids is 1. The number of fused-ring (bicyclic) bond motifs is 1. The molecule has 0 unspecified atom stereocenters. The Kier molecular flexibility index (Phi) is 2.98. The van der Waals surface area contributed by atoms with Crippen LogP contribution in [0.25, 0.3) is 0 Å². The number of carbonyl (C=O) groups is 1. The first-order valence-electron chi connectivity index (χ1n) is 6.15. The van der Waals surface area contributed by atoms with Gasteiger partial charge in [0.25, 0.3) is 5.91 Å². The number of aromatic nitrogens is 1. The molecule has 0 spiro atoms. The van der Waals surface area contributed by atoms with Crippen LogP contribution in [-0.4, -0.2) is 27.4 Å². The number of benzene rings is 1. The molecule has 19 heavy (non-hydrogen) atoms. The average Bonchev–Trinajstić information content (AvgIpc) is 2.83. The fraction of sp³-hybridized carbons (Fsp3) is 0.286. The van der Waals surface area contributed by atoms with Crippen LogP contribution in [0, 0.1) is 6.92 Å². The Balaban J connectivity index is 1.83. The summed E-state index contributed by atoms with van der Waals surface area (Å²) in [5.41, 5.74) is 2.74. The Morgan fingerprint density at radius 2 is 2.26 bits per heavy atom. The van der Waals surface area contributed by atoms with Gasteiger partial charge in [-0.15, -0.1) is 11.3 Å². The van der Waals surface area contributed by atoms with E-state index >= 15 is 0 Å². The largest absolute Gasteiger partial charge is 0.508 e. The van der Waals surface area contributed by atoms with Gasteiger partial charge in [0.2, 0.25) is 0 Å². The third-order valence-corrected chi connectivity index (χ3v) is 4.10. The molecule has 1 aromatic carbocycles. The number of aromatic hydroxyl groups is 1. The van der Waals surface area contributed by atoms with Gasteiger partial charge in [-0.3, -0.25) is 4.79 Å². The molecule has 0 saturated heterocycles. The van der Waals surface area contributed by atoms with E-state index in [4.69, 9.17) is 0 Å². The lowest BCUT2D eigenvalue weighted by Crippen LogP contribution is -2.36. The van der Waals surface area contributed by atoms with Gasteiger partial charge in [-0.1, -0.05) is 6.07 Å². The molecule has 1 aromatic heterocycles. The lowest BCUT2D eigenvalue weighted by Gasteiger charge is -2.28. The van der Waals surface area contributed by atoms with Crippen molar-refractivity contribution in [2.45, 2.75) is 19.9 Å². The Bertz CT molecular complexity index is 636. The van der Waals surface area contributed by atoms with E-state index < -0.39 is 0 Å². The van der Waals surface area contributed by atoms with Crippen molar-refractivity contribution in [2.75, 3.05) is 6.54 Å². The second kappa shape index (κ2) is 4.66. The molecule has 0 bridgehead atoms. The van der Waals surface area contributed by atoms with E-state index in [0.717, 1.165) is 17.0 Å². The molecule has 0 saturated carbocycles. The lowest BCUT2D eigenvalue weighted by atomic mass is 9.99. The van der Waals surface area contributed by atoms with Gasteiger partial charge in [-0.25, -0.2) is 4.98 Å². The Morgan fingerprint density at radius 3 is 3.00 bits per heavy atom. The van der Waals surface area contributed by atoms with E-state index in [-0.39, 0.29) is 11.7 Å². The highest BCUT2D eigenvalue weighted by Crippen LogP contribution is 2.24. The van der Waals surface area contributed by atoms with Gasteiger partial charge in [-0.2, -0.15) is 0 Å². The molecular weight excluding hydrogens is 260 g/mol. The molecule has 2 heterocycles. The second-order valence-corrected chi connectivity index (χ2v) is 5.74. The second-order valence-electron chi connectivity index (χ2n) is 4.68. The predicted octanol–water partition coefficient (Wildman–Crippen LogP) is 2.36. The molecule has 1 aliphatic rings. The maximum atomic E-state index is 12.3. The van der Waals surface area contributed by atoms with Gasteiger partial charge in [-0.05, 0) is 36.6 Å². The fourth-order valence-electron chi connectivity index (χ4n) is 2.34. The molecular formula is C14H14N2O2S. The van der Waals surface area contributed by atoms with Crippen molar-refractivity contribution in [3.8, 4) is 5.75 Å². The van der Waals surface area contributed by atoms with Crippen LogP contribution < -0.4 is 0 Å². The van der Waals surface area contributed by atoms with Gasteiger partial charge < -0.3 is 10.0 Å². The van der Waals surface area contributed by atoms with E-state index in [0.29, 0.717) is 18.8 Å². The third-order valence-electron chi connectivity index (χ3n) is 3.33. The molecule has 1 N–H and O–H groups in total. The number of hydrogen-bond acceptors (Lipinski definition) is 4. The van der Waals surface area contributed by atoms with Crippen molar-refractivity contribution in [3.63, 3.8) is 0 Å². The van der Waals surface area contributed by atoms with Gasteiger partial charge in [0.05, 0.1) is 5.01 Å². The lowest BCUT2D eigenvalue weighted by molar-refractivity contribution is 0.0729. The van der Waals surface area contributed by atoms with Crippen molar-refractivity contribution < 1.29 is 9.90 Å². The van der Waals surface area contributed by atoms with Crippen molar-refractivity contribution in [3.05, 3.63) is 45.4 Å². The molecule has 0 atom stereocenters. The van der Waals surface area contributed by atoms with Crippen molar-refractivity contribution in [1.82, 2.24) is 9.88 Å². The first-order valence-corrected chi connectivity index (χ1v) is 7.03. The van der Waals surface area contributed by atoms with Crippen molar-refractivity contribution >= 4 is 17.2 Å². The van der Waals surface area contributed by atoms with Crippen molar-refractivity contribution in [2.24, 2.45) is 0 Å². The summed E-state index contributed by atoms with van der Waals surface area (Å²) in [5, 5.41) is 12.2. The summed E-state index contributed by atoms with van der Waals surface area (Å²) in [4.78, 5) is 18.3. The van der Waals surface area contributed by atoms with Crippen LogP contribution in [0.3, 0.4) is 0 Å². The van der Waals surface area contributed by atoms with Crippen LogP contribution in [0.2, 0.25) is 0 Å². The first kappa shape index (κ1) is 12.2. The zero-order valence-corrected chi connectivity index (χ0v) is 11.4. The summed E-state index contributed by atoms with van der Waals surface area (Å²) < 4.78 is 0. The number of nitrogens with zero attached hydrogens (tertiary/aromatic N) is 2. The maximum absolute atomic E-state index is 12.3. The topological polar surface area (TPSA) is 53.4 Å². The quantitative estimate of drug-likeness (QED) is 0.868. The molecule has 5 heteroatoms. The molecule has 4 nitrogen and oxygen atoms in total. The summed E-state index contributed by atoms with van der Waals surface area (Å²) in [5.74, 6) is 0.218. The van der Waals surface area contributed by atoms with Gasteiger partial charge in [0.1, 0.15) is 11.4 Å². The number of thiazole rings is 1. The SMILES string of the molecule is Cc1nc(C(=O)N2CCc3ccc(O)cc3C2)cs1. The minimum absolute atomic E-state index is 0.0293. The summed E-state index contributed by atoms with van der Waals surface area (Å²) in [6.07, 6.45) is 0.824.